The molecule has 1 aromatic rings. The highest BCUT2D eigenvalue weighted by atomic mass is 19.4. The molecule has 0 radical (unpaired) electrons. The van der Waals surface area contributed by atoms with E-state index in [0.717, 1.165) is 0 Å². The lowest BCUT2D eigenvalue weighted by Gasteiger charge is -2.05. The van der Waals surface area contributed by atoms with E-state index in [1.165, 1.54) is 5.32 Å². The predicted octanol–water partition coefficient (Wildman–Crippen LogP) is 0.916. The predicted molar refractivity (Wildman–Crippen MR) is 51.5 cm³/mol. The first kappa shape index (κ1) is 13.0. The van der Waals surface area contributed by atoms with Gasteiger partial charge >= 0.3 is 12.1 Å². The van der Waals surface area contributed by atoms with Crippen molar-refractivity contribution in [2.24, 2.45) is 10.7 Å². The van der Waals surface area contributed by atoms with Crippen LogP contribution in [-0.2, 0) is 4.79 Å². The fraction of sp³-hybridized carbons (Fsp3) is 0.375. The Hall–Kier alpha value is -2.06. The number of guanidine groups is 1. The van der Waals surface area contributed by atoms with Crippen molar-refractivity contribution in [2.45, 2.75) is 20.0 Å². The maximum absolute atomic E-state index is 11.9. The zero-order valence-electron chi connectivity index (χ0n) is 8.92. The van der Waals surface area contributed by atoms with E-state index in [-0.39, 0.29) is 5.88 Å². The quantitative estimate of drug-likeness (QED) is 0.572. The third-order valence-electron chi connectivity index (χ3n) is 1.85. The first-order valence-electron chi connectivity index (χ1n) is 4.37. The minimum absolute atomic E-state index is 0.0533. The number of alkyl halides is 3. The summed E-state index contributed by atoms with van der Waals surface area (Å²) in [4.78, 5) is 14.0. The summed E-state index contributed by atoms with van der Waals surface area (Å²) >= 11 is 0. The van der Waals surface area contributed by atoms with Gasteiger partial charge in [0.2, 0.25) is 5.96 Å². The number of rotatable bonds is 1. The number of aliphatic imine (C=N–C) groups is 1. The van der Waals surface area contributed by atoms with Gasteiger partial charge < -0.3 is 10.3 Å². The molecule has 0 aliphatic carbocycles. The molecule has 1 rings (SSSR count). The summed E-state index contributed by atoms with van der Waals surface area (Å²) in [5, 5.41) is 4.91. The third-order valence-corrected chi connectivity index (χ3v) is 1.85. The molecule has 1 aromatic heterocycles. The number of aromatic nitrogens is 1. The normalized spacial score (nSPS) is 12.6. The van der Waals surface area contributed by atoms with Crippen LogP contribution in [0.15, 0.2) is 9.52 Å². The van der Waals surface area contributed by atoms with Crippen molar-refractivity contribution < 1.29 is 22.5 Å². The van der Waals surface area contributed by atoms with E-state index in [1.54, 1.807) is 13.8 Å². The van der Waals surface area contributed by atoms with Gasteiger partial charge in [0, 0.05) is 5.56 Å². The van der Waals surface area contributed by atoms with Gasteiger partial charge in [-0.3, -0.25) is 10.1 Å². The van der Waals surface area contributed by atoms with Crippen molar-refractivity contribution in [3.8, 4) is 0 Å². The molecule has 1 amide bonds. The van der Waals surface area contributed by atoms with Gasteiger partial charge in [-0.15, -0.1) is 0 Å². The van der Waals surface area contributed by atoms with E-state index in [9.17, 15) is 18.0 Å². The number of carbonyl (C=O) groups is 1. The molecule has 6 nitrogen and oxygen atoms in total. The second kappa shape index (κ2) is 4.44. The van der Waals surface area contributed by atoms with Crippen LogP contribution >= 0.6 is 0 Å². The molecule has 0 unspecified atom stereocenters. The zero-order chi connectivity index (χ0) is 13.2. The molecular formula is C8H9F3N4O2. The highest BCUT2D eigenvalue weighted by molar-refractivity contribution is 5.99. The molecule has 0 spiro atoms. The highest BCUT2D eigenvalue weighted by Crippen LogP contribution is 2.20. The average Bonchev–Trinajstić information content (AvgIpc) is 2.48. The van der Waals surface area contributed by atoms with Crippen LogP contribution in [0, 0.1) is 13.8 Å². The Balaban J connectivity index is 2.81. The fourth-order valence-electron chi connectivity index (χ4n) is 0.832. The molecule has 3 N–H and O–H groups in total. The number of nitrogens with one attached hydrogen (secondary N) is 1. The Kier molecular flexibility index (Phi) is 3.39. The minimum Gasteiger partial charge on any atom is -0.369 e. The van der Waals surface area contributed by atoms with Gasteiger partial charge in [-0.25, -0.2) is 0 Å². The molecule has 1 heterocycles. The zero-order valence-corrected chi connectivity index (χ0v) is 8.92. The Bertz CT molecular complexity index is 464. The van der Waals surface area contributed by atoms with E-state index >= 15 is 0 Å². The second-order valence-corrected chi connectivity index (χ2v) is 3.15. The van der Waals surface area contributed by atoms with Gasteiger partial charge in [0.25, 0.3) is 5.88 Å². The van der Waals surface area contributed by atoms with Gasteiger partial charge in [-0.1, -0.05) is 5.16 Å². The fourth-order valence-corrected chi connectivity index (χ4v) is 0.832. The van der Waals surface area contributed by atoms with Gasteiger partial charge in [-0.05, 0) is 13.8 Å². The molecular weight excluding hydrogens is 241 g/mol. The monoisotopic (exact) mass is 250 g/mol. The topological polar surface area (TPSA) is 93.5 Å². The number of carbonyl (C=O) groups excluding carboxylic acids is 1. The van der Waals surface area contributed by atoms with E-state index in [0.29, 0.717) is 11.3 Å². The van der Waals surface area contributed by atoms with Crippen LogP contribution in [0.1, 0.15) is 11.3 Å². The summed E-state index contributed by atoms with van der Waals surface area (Å²) in [7, 11) is 0. The van der Waals surface area contributed by atoms with E-state index < -0.39 is 18.0 Å². The van der Waals surface area contributed by atoms with Crippen LogP contribution in [0.5, 0.6) is 0 Å². The molecule has 0 bridgehead atoms. The number of nitrogens with zero attached hydrogens (tertiary/aromatic N) is 2. The lowest BCUT2D eigenvalue weighted by Crippen LogP contribution is -2.44. The molecule has 0 fully saturated rings. The number of aryl methyl sites for hydroxylation is 1. The standard InChI is InChI=1S/C8H9F3N4O2/c1-3-4(2)15-17-5(3)13-7(12)14-6(16)8(9,10)11/h1-2H3,(H3,12,13,14,16). The number of halogens is 3. The van der Waals surface area contributed by atoms with Gasteiger partial charge in [0.15, 0.2) is 0 Å². The summed E-state index contributed by atoms with van der Waals surface area (Å²) in [6.07, 6.45) is -5.02. The lowest BCUT2D eigenvalue weighted by atomic mass is 10.3. The van der Waals surface area contributed by atoms with E-state index in [4.69, 9.17) is 5.73 Å². The molecule has 0 saturated carbocycles. The summed E-state index contributed by atoms with van der Waals surface area (Å²) in [5.74, 6) is -2.97. The van der Waals surface area contributed by atoms with Crippen molar-refractivity contribution in [3.63, 3.8) is 0 Å². The van der Waals surface area contributed by atoms with Crippen LogP contribution in [-0.4, -0.2) is 23.2 Å². The summed E-state index contributed by atoms with van der Waals surface area (Å²) in [5.41, 5.74) is 6.16. The molecule has 0 aliphatic heterocycles. The highest BCUT2D eigenvalue weighted by Gasteiger charge is 2.39. The molecule has 9 heteroatoms. The van der Waals surface area contributed by atoms with Crippen molar-refractivity contribution in [1.82, 2.24) is 10.5 Å². The third kappa shape index (κ3) is 3.20. The smallest absolute Gasteiger partial charge is 0.369 e. The van der Waals surface area contributed by atoms with Crippen molar-refractivity contribution >= 4 is 17.8 Å². The average molecular weight is 250 g/mol. The second-order valence-electron chi connectivity index (χ2n) is 3.15. The van der Waals surface area contributed by atoms with Crippen LogP contribution in [0.25, 0.3) is 0 Å². The van der Waals surface area contributed by atoms with Gasteiger partial charge in [0.1, 0.15) is 0 Å². The molecule has 17 heavy (non-hydrogen) atoms. The van der Waals surface area contributed by atoms with Crippen LogP contribution in [0.2, 0.25) is 0 Å². The number of nitrogens with two attached hydrogens (primary N) is 1. The molecule has 0 saturated heterocycles. The van der Waals surface area contributed by atoms with Crippen molar-refractivity contribution in [2.75, 3.05) is 0 Å². The van der Waals surface area contributed by atoms with Crippen LogP contribution in [0.3, 0.4) is 0 Å². The Labute approximate surface area is 93.7 Å². The van der Waals surface area contributed by atoms with Crippen molar-refractivity contribution in [1.29, 1.82) is 0 Å². The summed E-state index contributed by atoms with van der Waals surface area (Å²) < 4.78 is 40.3. The van der Waals surface area contributed by atoms with Gasteiger partial charge in [0.05, 0.1) is 5.69 Å². The number of hydrogen-bond acceptors (Lipinski definition) is 4. The Morgan fingerprint density at radius 2 is 2.06 bits per heavy atom. The summed E-state index contributed by atoms with van der Waals surface area (Å²) in [6, 6.07) is 0. The number of amides is 1. The van der Waals surface area contributed by atoms with Crippen LogP contribution < -0.4 is 11.1 Å². The maximum Gasteiger partial charge on any atom is 0.471 e. The number of hydrogen-bond donors (Lipinski definition) is 2. The largest absolute Gasteiger partial charge is 0.471 e. The summed E-state index contributed by atoms with van der Waals surface area (Å²) in [6.45, 7) is 3.23. The molecule has 0 atom stereocenters. The van der Waals surface area contributed by atoms with Gasteiger partial charge in [-0.2, -0.15) is 18.2 Å². The van der Waals surface area contributed by atoms with E-state index in [1.807, 2.05) is 0 Å². The first-order valence-corrected chi connectivity index (χ1v) is 4.37. The maximum atomic E-state index is 11.9. The lowest BCUT2D eigenvalue weighted by molar-refractivity contribution is -0.171. The molecule has 94 valence electrons. The van der Waals surface area contributed by atoms with E-state index in [2.05, 4.69) is 14.7 Å². The van der Waals surface area contributed by atoms with Crippen LogP contribution in [0.4, 0.5) is 19.1 Å². The SMILES string of the molecule is Cc1noc(N=C(N)NC(=O)C(F)(F)F)c1C. The Morgan fingerprint density at radius 1 is 1.47 bits per heavy atom. The minimum atomic E-state index is -5.02. The van der Waals surface area contributed by atoms with Crippen molar-refractivity contribution in [3.05, 3.63) is 11.3 Å². The first-order chi connectivity index (χ1) is 7.71. The Morgan fingerprint density at radius 3 is 2.47 bits per heavy atom. The molecule has 0 aromatic carbocycles. The molecule has 0 aliphatic rings.